The number of carbonyl (C=O) groups excluding carboxylic acids is 3. The standard InChI is InChI=1S/C24H26ClN3O4/c1-15-12-19(21(32-2)13-18(15)25)28-22(29)14-20(24(28)31)27-10-8-16(9-11-27)23(30)26-17-6-4-3-5-7-17/h3-7,12-13,16,20H,8-11,14H2,1-2H3,(H,26,30)/t20-/m1/s1. The van der Waals surface area contributed by atoms with Crippen LogP contribution in [0.25, 0.3) is 0 Å². The molecule has 0 aromatic heterocycles. The Morgan fingerprint density at radius 3 is 2.47 bits per heavy atom. The lowest BCUT2D eigenvalue weighted by molar-refractivity contribution is -0.123. The van der Waals surface area contributed by atoms with E-state index >= 15 is 0 Å². The number of anilines is 2. The van der Waals surface area contributed by atoms with Gasteiger partial charge in [0.1, 0.15) is 5.75 Å². The second kappa shape index (κ2) is 9.30. The first-order valence-electron chi connectivity index (χ1n) is 10.7. The summed E-state index contributed by atoms with van der Waals surface area (Å²) in [7, 11) is 1.48. The lowest BCUT2D eigenvalue weighted by atomic mass is 9.94. The van der Waals surface area contributed by atoms with Gasteiger partial charge in [-0.05, 0) is 56.6 Å². The molecule has 2 saturated heterocycles. The summed E-state index contributed by atoms with van der Waals surface area (Å²) >= 11 is 6.18. The number of hydrogen-bond donors (Lipinski definition) is 1. The first kappa shape index (κ1) is 22.3. The molecule has 2 aromatic rings. The molecule has 2 heterocycles. The first-order chi connectivity index (χ1) is 15.4. The molecular weight excluding hydrogens is 430 g/mol. The van der Waals surface area contributed by atoms with Gasteiger partial charge in [-0.3, -0.25) is 19.3 Å². The zero-order chi connectivity index (χ0) is 22.8. The van der Waals surface area contributed by atoms with Crippen LogP contribution in [0.5, 0.6) is 5.75 Å². The van der Waals surface area contributed by atoms with Gasteiger partial charge >= 0.3 is 0 Å². The molecular formula is C24H26ClN3O4. The van der Waals surface area contributed by atoms with Crippen molar-refractivity contribution in [3.63, 3.8) is 0 Å². The number of imide groups is 1. The number of halogens is 1. The maximum atomic E-state index is 13.2. The number of piperidine rings is 1. The second-order valence-electron chi connectivity index (χ2n) is 8.23. The van der Waals surface area contributed by atoms with Crippen LogP contribution < -0.4 is 15.0 Å². The predicted octanol–water partition coefficient (Wildman–Crippen LogP) is 3.64. The van der Waals surface area contributed by atoms with E-state index in [-0.39, 0.29) is 30.1 Å². The Labute approximate surface area is 192 Å². The SMILES string of the molecule is COc1cc(Cl)c(C)cc1N1C(=O)C[C@@H](N2CCC(C(=O)Nc3ccccc3)CC2)C1=O. The van der Waals surface area contributed by atoms with E-state index in [0.717, 1.165) is 11.3 Å². The Kier molecular flexibility index (Phi) is 6.48. The Morgan fingerprint density at radius 2 is 1.81 bits per heavy atom. The molecule has 168 valence electrons. The van der Waals surface area contributed by atoms with E-state index < -0.39 is 6.04 Å². The molecule has 7 nitrogen and oxygen atoms in total. The third kappa shape index (κ3) is 4.36. The third-order valence-electron chi connectivity index (χ3n) is 6.21. The molecule has 4 rings (SSSR count). The number of hydrogen-bond acceptors (Lipinski definition) is 5. The van der Waals surface area contributed by atoms with Crippen molar-refractivity contribution in [1.82, 2.24) is 4.90 Å². The van der Waals surface area contributed by atoms with Crippen molar-refractivity contribution < 1.29 is 19.1 Å². The molecule has 8 heteroatoms. The zero-order valence-corrected chi connectivity index (χ0v) is 18.9. The summed E-state index contributed by atoms with van der Waals surface area (Å²) in [6, 6.07) is 12.2. The monoisotopic (exact) mass is 455 g/mol. The van der Waals surface area contributed by atoms with Gasteiger partial charge in [-0.2, -0.15) is 0 Å². The van der Waals surface area contributed by atoms with Gasteiger partial charge in [0, 0.05) is 22.7 Å². The predicted molar refractivity (Wildman–Crippen MR) is 123 cm³/mol. The molecule has 32 heavy (non-hydrogen) atoms. The van der Waals surface area contributed by atoms with E-state index in [9.17, 15) is 14.4 Å². The minimum absolute atomic E-state index is 0.00678. The number of amides is 3. The number of para-hydroxylation sites is 1. The Bertz CT molecular complexity index is 1040. The van der Waals surface area contributed by atoms with E-state index in [0.29, 0.717) is 42.4 Å². The second-order valence-corrected chi connectivity index (χ2v) is 8.63. The fourth-order valence-corrected chi connectivity index (χ4v) is 4.53. The highest BCUT2D eigenvalue weighted by molar-refractivity contribution is 6.32. The average molecular weight is 456 g/mol. The summed E-state index contributed by atoms with van der Waals surface area (Å²) in [6.07, 6.45) is 1.39. The van der Waals surface area contributed by atoms with E-state index in [1.165, 1.54) is 12.0 Å². The lowest BCUT2D eigenvalue weighted by Gasteiger charge is -2.34. The van der Waals surface area contributed by atoms with Crippen molar-refractivity contribution in [2.24, 2.45) is 5.92 Å². The molecule has 0 spiro atoms. The van der Waals surface area contributed by atoms with Crippen molar-refractivity contribution in [2.45, 2.75) is 32.2 Å². The minimum atomic E-state index is -0.527. The molecule has 1 atom stereocenters. The van der Waals surface area contributed by atoms with Gasteiger partial charge in [-0.15, -0.1) is 0 Å². The number of nitrogens with one attached hydrogen (secondary N) is 1. The highest BCUT2D eigenvalue weighted by Crippen LogP contribution is 2.37. The fraction of sp³-hybridized carbons (Fsp3) is 0.375. The number of nitrogens with zero attached hydrogens (tertiary/aromatic N) is 2. The van der Waals surface area contributed by atoms with Gasteiger partial charge in [0.15, 0.2) is 0 Å². The van der Waals surface area contributed by atoms with Gasteiger partial charge in [-0.25, -0.2) is 4.90 Å². The largest absolute Gasteiger partial charge is 0.495 e. The number of aryl methyl sites for hydroxylation is 1. The van der Waals surface area contributed by atoms with Crippen LogP contribution in [0, 0.1) is 12.8 Å². The fourth-order valence-electron chi connectivity index (χ4n) is 4.38. The van der Waals surface area contributed by atoms with E-state index in [1.54, 1.807) is 12.1 Å². The Morgan fingerprint density at radius 1 is 1.12 bits per heavy atom. The van der Waals surface area contributed by atoms with Gasteiger partial charge in [-0.1, -0.05) is 29.8 Å². The molecule has 0 unspecified atom stereocenters. The van der Waals surface area contributed by atoms with Crippen molar-refractivity contribution in [3.8, 4) is 5.75 Å². The van der Waals surface area contributed by atoms with Crippen molar-refractivity contribution in [3.05, 3.63) is 53.1 Å². The maximum Gasteiger partial charge on any atom is 0.251 e. The zero-order valence-electron chi connectivity index (χ0n) is 18.1. The van der Waals surface area contributed by atoms with Crippen LogP contribution in [-0.2, 0) is 14.4 Å². The number of likely N-dealkylation sites (tertiary alicyclic amines) is 1. The molecule has 3 amide bonds. The lowest BCUT2D eigenvalue weighted by Crippen LogP contribution is -2.47. The van der Waals surface area contributed by atoms with Crippen molar-refractivity contribution >= 4 is 40.7 Å². The van der Waals surface area contributed by atoms with Crippen LogP contribution in [0.4, 0.5) is 11.4 Å². The molecule has 0 bridgehead atoms. The molecule has 0 saturated carbocycles. The topological polar surface area (TPSA) is 79.0 Å². The number of benzene rings is 2. The summed E-state index contributed by atoms with van der Waals surface area (Å²) in [6.45, 7) is 2.99. The van der Waals surface area contributed by atoms with E-state index in [1.807, 2.05) is 42.2 Å². The van der Waals surface area contributed by atoms with Crippen LogP contribution in [-0.4, -0.2) is 48.9 Å². The molecule has 1 N–H and O–H groups in total. The first-order valence-corrected chi connectivity index (χ1v) is 11.1. The molecule has 2 aromatic carbocycles. The van der Waals surface area contributed by atoms with Gasteiger partial charge in [0.05, 0.1) is 25.3 Å². The van der Waals surface area contributed by atoms with Crippen molar-refractivity contribution in [2.75, 3.05) is 30.4 Å². The van der Waals surface area contributed by atoms with Crippen LogP contribution in [0.2, 0.25) is 5.02 Å². The van der Waals surface area contributed by atoms with Crippen LogP contribution in [0.3, 0.4) is 0 Å². The normalized spacial score (nSPS) is 20.0. The summed E-state index contributed by atoms with van der Waals surface area (Å²) < 4.78 is 5.37. The maximum absolute atomic E-state index is 13.2. The summed E-state index contributed by atoms with van der Waals surface area (Å²) in [5.74, 6) is -0.258. The number of carbonyl (C=O) groups is 3. The third-order valence-corrected chi connectivity index (χ3v) is 6.61. The molecule has 2 fully saturated rings. The number of rotatable bonds is 5. The Balaban J connectivity index is 1.42. The molecule has 0 aliphatic carbocycles. The summed E-state index contributed by atoms with van der Waals surface area (Å²) in [4.78, 5) is 41.9. The quantitative estimate of drug-likeness (QED) is 0.696. The highest BCUT2D eigenvalue weighted by Gasteiger charge is 2.44. The number of methoxy groups -OCH3 is 1. The van der Waals surface area contributed by atoms with E-state index in [2.05, 4.69) is 5.32 Å². The Hall–Kier alpha value is -2.90. The van der Waals surface area contributed by atoms with Crippen LogP contribution in [0.1, 0.15) is 24.8 Å². The van der Waals surface area contributed by atoms with Gasteiger partial charge in [0.2, 0.25) is 11.8 Å². The molecule has 2 aliphatic heterocycles. The average Bonchev–Trinajstić information content (AvgIpc) is 3.09. The van der Waals surface area contributed by atoms with Gasteiger partial charge in [0.25, 0.3) is 5.91 Å². The smallest absolute Gasteiger partial charge is 0.251 e. The molecule has 2 aliphatic rings. The number of ether oxygens (including phenoxy) is 1. The summed E-state index contributed by atoms with van der Waals surface area (Å²) in [5.41, 5.74) is 1.96. The molecule has 0 radical (unpaired) electrons. The van der Waals surface area contributed by atoms with Crippen LogP contribution >= 0.6 is 11.6 Å². The summed E-state index contributed by atoms with van der Waals surface area (Å²) in [5, 5.41) is 3.46. The minimum Gasteiger partial charge on any atom is -0.495 e. The van der Waals surface area contributed by atoms with E-state index in [4.69, 9.17) is 16.3 Å². The van der Waals surface area contributed by atoms with Crippen molar-refractivity contribution in [1.29, 1.82) is 0 Å². The highest BCUT2D eigenvalue weighted by atomic mass is 35.5. The van der Waals surface area contributed by atoms with Gasteiger partial charge < -0.3 is 10.1 Å². The van der Waals surface area contributed by atoms with Crippen LogP contribution in [0.15, 0.2) is 42.5 Å².